The van der Waals surface area contributed by atoms with Crippen molar-refractivity contribution in [3.63, 3.8) is 0 Å². The minimum atomic E-state index is 0.364. The molecule has 0 amide bonds. The molecule has 0 heterocycles. The molecule has 0 spiro atoms. The van der Waals surface area contributed by atoms with E-state index in [0.29, 0.717) is 12.1 Å². The van der Waals surface area contributed by atoms with E-state index in [1.165, 1.54) is 18.4 Å². The van der Waals surface area contributed by atoms with Crippen LogP contribution in [0.5, 0.6) is 5.75 Å². The lowest BCUT2D eigenvalue weighted by Crippen LogP contribution is -2.31. The number of hydrogen-bond acceptors (Lipinski definition) is 2. The molecule has 1 aromatic carbocycles. The van der Waals surface area contributed by atoms with Gasteiger partial charge in [-0.25, -0.2) is 0 Å². The highest BCUT2D eigenvalue weighted by atomic mass is 16.5. The van der Waals surface area contributed by atoms with Gasteiger partial charge in [-0.15, -0.1) is 12.3 Å². The van der Waals surface area contributed by atoms with Crippen LogP contribution in [-0.4, -0.2) is 13.2 Å². The van der Waals surface area contributed by atoms with Gasteiger partial charge in [0, 0.05) is 18.5 Å². The van der Waals surface area contributed by atoms with Crippen LogP contribution in [-0.2, 0) is 0 Å². The van der Waals surface area contributed by atoms with Crippen molar-refractivity contribution < 1.29 is 4.74 Å². The first-order chi connectivity index (χ1) is 8.74. The Morgan fingerprint density at radius 2 is 2.06 bits per heavy atom. The molecule has 0 bridgehead atoms. The maximum absolute atomic E-state index is 5.37. The summed E-state index contributed by atoms with van der Waals surface area (Å²) in [7, 11) is 1.70. The fourth-order valence-electron chi connectivity index (χ4n) is 2.29. The molecule has 2 unspecified atom stereocenters. The predicted octanol–water partition coefficient (Wildman–Crippen LogP) is 3.15. The predicted molar refractivity (Wildman–Crippen MR) is 74.5 cm³/mol. The van der Waals surface area contributed by atoms with Crippen molar-refractivity contribution in [2.24, 2.45) is 5.92 Å². The Labute approximate surface area is 110 Å². The summed E-state index contributed by atoms with van der Waals surface area (Å²) in [6, 6.07) is 9.15. The van der Waals surface area contributed by atoms with Crippen molar-refractivity contribution in [3.05, 3.63) is 29.8 Å². The monoisotopic (exact) mass is 243 g/mol. The summed E-state index contributed by atoms with van der Waals surface area (Å²) in [6.45, 7) is 2.15. The van der Waals surface area contributed by atoms with Crippen LogP contribution in [0.15, 0.2) is 24.3 Å². The van der Waals surface area contributed by atoms with E-state index in [1.807, 2.05) is 12.1 Å². The molecule has 0 aliphatic heterocycles. The average Bonchev–Trinajstić information content (AvgIpc) is 3.21. The van der Waals surface area contributed by atoms with Crippen molar-refractivity contribution in [2.45, 2.75) is 38.3 Å². The molecule has 96 valence electrons. The number of terminal acetylenes is 1. The Balaban J connectivity index is 2.06. The lowest BCUT2D eigenvalue weighted by Gasteiger charge is -2.23. The summed E-state index contributed by atoms with van der Waals surface area (Å²) in [5, 5.41) is 3.65. The zero-order valence-electron chi connectivity index (χ0n) is 11.1. The van der Waals surface area contributed by atoms with Crippen molar-refractivity contribution >= 4 is 0 Å². The molecule has 0 radical (unpaired) electrons. The van der Waals surface area contributed by atoms with Gasteiger partial charge >= 0.3 is 0 Å². The minimum Gasteiger partial charge on any atom is -0.497 e. The zero-order chi connectivity index (χ0) is 13.0. The van der Waals surface area contributed by atoms with Crippen LogP contribution in [0.4, 0.5) is 0 Å². The third kappa shape index (κ3) is 3.27. The third-order valence-corrected chi connectivity index (χ3v) is 3.46. The van der Waals surface area contributed by atoms with E-state index in [-0.39, 0.29) is 0 Å². The summed E-state index contributed by atoms with van der Waals surface area (Å²) in [4.78, 5) is 0. The van der Waals surface area contributed by atoms with Crippen LogP contribution in [0.25, 0.3) is 0 Å². The molecule has 2 heteroatoms. The number of benzene rings is 1. The molecular weight excluding hydrogens is 222 g/mol. The van der Waals surface area contributed by atoms with Crippen LogP contribution >= 0.6 is 0 Å². The molecule has 0 aromatic heterocycles. The molecule has 1 aliphatic carbocycles. The fourth-order valence-corrected chi connectivity index (χ4v) is 2.29. The van der Waals surface area contributed by atoms with Gasteiger partial charge in [0.05, 0.1) is 7.11 Å². The summed E-state index contributed by atoms with van der Waals surface area (Å²) in [6.07, 6.45) is 8.77. The number of nitrogens with one attached hydrogen (secondary N) is 1. The normalized spacial score (nSPS) is 17.8. The quantitative estimate of drug-likeness (QED) is 0.775. The number of hydrogen-bond donors (Lipinski definition) is 1. The van der Waals surface area contributed by atoms with Crippen molar-refractivity contribution in [3.8, 4) is 18.1 Å². The Kier molecular flexibility index (Phi) is 4.28. The van der Waals surface area contributed by atoms with Gasteiger partial charge in [-0.1, -0.05) is 12.1 Å². The highest BCUT2D eigenvalue weighted by Crippen LogP contribution is 2.41. The van der Waals surface area contributed by atoms with E-state index < -0.39 is 0 Å². The number of methoxy groups -OCH3 is 1. The van der Waals surface area contributed by atoms with E-state index in [1.54, 1.807) is 7.11 Å². The lowest BCUT2D eigenvalue weighted by molar-refractivity contribution is 0.410. The molecular formula is C16H21NO. The maximum atomic E-state index is 5.37. The van der Waals surface area contributed by atoms with Gasteiger partial charge in [0.15, 0.2) is 0 Å². The van der Waals surface area contributed by atoms with Gasteiger partial charge in [0.25, 0.3) is 0 Å². The molecule has 1 N–H and O–H groups in total. The van der Waals surface area contributed by atoms with Crippen LogP contribution < -0.4 is 10.1 Å². The standard InChI is InChI=1S/C16H21NO/c1-4-5-12(2)17-16(13-6-7-13)14-8-10-15(18-3)11-9-14/h1,8-13,16-17H,5-7H2,2-3H3. The van der Waals surface area contributed by atoms with E-state index >= 15 is 0 Å². The van der Waals surface area contributed by atoms with Gasteiger partial charge < -0.3 is 10.1 Å². The van der Waals surface area contributed by atoms with Crippen LogP contribution in [0, 0.1) is 18.3 Å². The molecule has 2 atom stereocenters. The highest BCUT2D eigenvalue weighted by molar-refractivity contribution is 5.30. The van der Waals surface area contributed by atoms with Crippen LogP contribution in [0.1, 0.15) is 37.8 Å². The minimum absolute atomic E-state index is 0.364. The topological polar surface area (TPSA) is 21.3 Å². The summed E-state index contributed by atoms with van der Waals surface area (Å²) >= 11 is 0. The first-order valence-electron chi connectivity index (χ1n) is 6.58. The van der Waals surface area contributed by atoms with Crippen molar-refractivity contribution in [2.75, 3.05) is 7.11 Å². The Hall–Kier alpha value is -1.46. The summed E-state index contributed by atoms with van der Waals surface area (Å²) in [5.41, 5.74) is 1.34. The second-order valence-electron chi connectivity index (χ2n) is 5.06. The molecule has 2 rings (SSSR count). The summed E-state index contributed by atoms with van der Waals surface area (Å²) in [5.74, 6) is 4.39. The molecule has 1 aliphatic rings. The van der Waals surface area contributed by atoms with E-state index in [9.17, 15) is 0 Å². The second-order valence-corrected chi connectivity index (χ2v) is 5.06. The molecule has 1 fully saturated rings. The number of ether oxygens (including phenoxy) is 1. The SMILES string of the molecule is C#CCC(C)NC(c1ccc(OC)cc1)C1CC1. The van der Waals surface area contributed by atoms with E-state index in [2.05, 4.69) is 30.3 Å². The van der Waals surface area contributed by atoms with Gasteiger partial charge in [-0.2, -0.15) is 0 Å². The molecule has 1 aromatic rings. The van der Waals surface area contributed by atoms with E-state index in [4.69, 9.17) is 11.2 Å². The molecule has 0 saturated heterocycles. The summed E-state index contributed by atoms with van der Waals surface area (Å²) < 4.78 is 5.20. The van der Waals surface area contributed by atoms with Gasteiger partial charge in [-0.05, 0) is 43.4 Å². The van der Waals surface area contributed by atoms with E-state index in [0.717, 1.165) is 18.1 Å². The Morgan fingerprint density at radius 3 is 2.56 bits per heavy atom. The molecule has 18 heavy (non-hydrogen) atoms. The Morgan fingerprint density at radius 1 is 1.39 bits per heavy atom. The molecule has 1 saturated carbocycles. The first kappa shape index (κ1) is 13.0. The van der Waals surface area contributed by atoms with Gasteiger partial charge in [0.1, 0.15) is 5.75 Å². The number of rotatable bonds is 6. The fraction of sp³-hybridized carbons (Fsp3) is 0.500. The van der Waals surface area contributed by atoms with Crippen molar-refractivity contribution in [1.29, 1.82) is 0 Å². The largest absolute Gasteiger partial charge is 0.497 e. The van der Waals surface area contributed by atoms with Crippen molar-refractivity contribution in [1.82, 2.24) is 5.32 Å². The second kappa shape index (κ2) is 5.93. The zero-order valence-corrected chi connectivity index (χ0v) is 11.1. The molecule has 2 nitrogen and oxygen atoms in total. The van der Waals surface area contributed by atoms with Crippen LogP contribution in [0.3, 0.4) is 0 Å². The lowest BCUT2D eigenvalue weighted by atomic mass is 10.0. The highest BCUT2D eigenvalue weighted by Gasteiger charge is 2.32. The first-order valence-corrected chi connectivity index (χ1v) is 6.58. The third-order valence-electron chi connectivity index (χ3n) is 3.46. The van der Waals surface area contributed by atoms with Gasteiger partial charge in [0.2, 0.25) is 0 Å². The van der Waals surface area contributed by atoms with Crippen LogP contribution in [0.2, 0.25) is 0 Å². The average molecular weight is 243 g/mol. The smallest absolute Gasteiger partial charge is 0.118 e. The Bertz CT molecular complexity index is 414. The maximum Gasteiger partial charge on any atom is 0.118 e. The van der Waals surface area contributed by atoms with Gasteiger partial charge in [-0.3, -0.25) is 0 Å².